The van der Waals surface area contributed by atoms with E-state index < -0.39 is 0 Å². The molecule has 3 rings (SSSR count). The highest BCUT2D eigenvalue weighted by Gasteiger charge is 2.20. The van der Waals surface area contributed by atoms with Crippen LogP contribution >= 0.6 is 23.4 Å². The number of anilines is 1. The second-order valence-electron chi connectivity index (χ2n) is 6.48. The predicted octanol–water partition coefficient (Wildman–Crippen LogP) is 2.38. The number of halogens is 1. The molecule has 2 aliphatic rings. The molecule has 0 N–H and O–H groups in total. The molecule has 8 heteroatoms. The maximum Gasteiger partial charge on any atom is 0.233 e. The number of nitrogens with zero attached hydrogens (tertiary/aromatic N) is 5. The Labute approximate surface area is 158 Å². The largest absolute Gasteiger partial charge is 0.354 e. The van der Waals surface area contributed by atoms with Crippen molar-refractivity contribution in [3.8, 4) is 0 Å². The highest BCUT2D eigenvalue weighted by molar-refractivity contribution is 7.99. The summed E-state index contributed by atoms with van der Waals surface area (Å²) in [6.45, 7) is 8.98. The molecule has 1 amide bonds. The van der Waals surface area contributed by atoms with Gasteiger partial charge in [0.1, 0.15) is 11.0 Å². The number of carbonyl (C=O) groups is 1. The fraction of sp³-hybridized carbons (Fsp3) is 0.706. The number of hydrogen-bond donors (Lipinski definition) is 0. The van der Waals surface area contributed by atoms with Crippen LogP contribution in [0.2, 0.25) is 5.15 Å². The number of piperidine rings is 1. The minimum absolute atomic E-state index is 0.173. The van der Waals surface area contributed by atoms with Crippen molar-refractivity contribution in [3.63, 3.8) is 0 Å². The number of piperazine rings is 1. The van der Waals surface area contributed by atoms with Crippen molar-refractivity contribution >= 4 is 35.1 Å². The Morgan fingerprint density at radius 3 is 2.52 bits per heavy atom. The van der Waals surface area contributed by atoms with Crippen LogP contribution in [0, 0.1) is 0 Å². The summed E-state index contributed by atoms with van der Waals surface area (Å²) in [4.78, 5) is 27.8. The molecule has 0 unspecified atom stereocenters. The van der Waals surface area contributed by atoms with Crippen LogP contribution in [0.25, 0.3) is 0 Å². The van der Waals surface area contributed by atoms with Gasteiger partial charge in [0, 0.05) is 45.3 Å². The molecule has 0 saturated carbocycles. The Morgan fingerprint density at radius 2 is 1.84 bits per heavy atom. The molecule has 0 aromatic carbocycles. The molecule has 2 fully saturated rings. The van der Waals surface area contributed by atoms with Crippen molar-refractivity contribution in [2.45, 2.75) is 31.3 Å². The third-order valence-electron chi connectivity index (χ3n) is 4.84. The zero-order valence-corrected chi connectivity index (χ0v) is 16.4. The second kappa shape index (κ2) is 9.05. The summed E-state index contributed by atoms with van der Waals surface area (Å²) in [6.07, 6.45) is 3.44. The third kappa shape index (κ3) is 5.21. The van der Waals surface area contributed by atoms with Gasteiger partial charge in [-0.05, 0) is 25.8 Å². The molecule has 0 spiro atoms. The van der Waals surface area contributed by atoms with Crippen molar-refractivity contribution in [1.82, 2.24) is 19.8 Å². The van der Waals surface area contributed by atoms with Crippen molar-refractivity contribution < 1.29 is 4.79 Å². The summed E-state index contributed by atoms with van der Waals surface area (Å²) in [5.41, 5.74) is 0. The van der Waals surface area contributed by atoms with Crippen molar-refractivity contribution in [2.75, 3.05) is 56.5 Å². The van der Waals surface area contributed by atoms with Gasteiger partial charge in [-0.15, -0.1) is 0 Å². The number of hydrogen-bond acceptors (Lipinski definition) is 6. The molecule has 0 radical (unpaired) electrons. The van der Waals surface area contributed by atoms with Gasteiger partial charge < -0.3 is 14.7 Å². The summed E-state index contributed by atoms with van der Waals surface area (Å²) < 4.78 is 0. The zero-order valence-electron chi connectivity index (χ0n) is 14.8. The minimum atomic E-state index is 0.173. The summed E-state index contributed by atoms with van der Waals surface area (Å²) >= 11 is 7.58. The predicted molar refractivity (Wildman–Crippen MR) is 103 cm³/mol. The smallest absolute Gasteiger partial charge is 0.233 e. The molecule has 138 valence electrons. The number of carbonyl (C=O) groups excluding carboxylic acids is 1. The highest BCUT2D eigenvalue weighted by Crippen LogP contribution is 2.23. The Kier molecular flexibility index (Phi) is 6.78. The van der Waals surface area contributed by atoms with Gasteiger partial charge in [0.2, 0.25) is 5.91 Å². The van der Waals surface area contributed by atoms with Gasteiger partial charge in [-0.3, -0.25) is 4.79 Å². The average molecular weight is 384 g/mol. The van der Waals surface area contributed by atoms with Crippen LogP contribution in [0.1, 0.15) is 26.2 Å². The van der Waals surface area contributed by atoms with Gasteiger partial charge in [-0.2, -0.15) is 0 Å². The average Bonchev–Trinajstić information content (AvgIpc) is 2.66. The van der Waals surface area contributed by atoms with Gasteiger partial charge in [0.15, 0.2) is 5.16 Å². The van der Waals surface area contributed by atoms with E-state index in [9.17, 15) is 4.79 Å². The molecular weight excluding hydrogens is 358 g/mol. The highest BCUT2D eigenvalue weighted by atomic mass is 35.5. The van der Waals surface area contributed by atoms with Crippen molar-refractivity contribution in [3.05, 3.63) is 11.2 Å². The maximum atomic E-state index is 12.3. The van der Waals surface area contributed by atoms with Gasteiger partial charge >= 0.3 is 0 Å². The first kappa shape index (κ1) is 18.7. The summed E-state index contributed by atoms with van der Waals surface area (Å²) in [5, 5.41) is 1.03. The number of aromatic nitrogens is 2. The minimum Gasteiger partial charge on any atom is -0.354 e. The quantitative estimate of drug-likeness (QED) is 0.442. The van der Waals surface area contributed by atoms with Gasteiger partial charge in [-0.25, -0.2) is 9.97 Å². The Hall–Kier alpha value is -1.05. The van der Waals surface area contributed by atoms with Gasteiger partial charge in [0.25, 0.3) is 0 Å². The second-order valence-corrected chi connectivity index (χ2v) is 7.81. The first-order valence-electron chi connectivity index (χ1n) is 9.08. The summed E-state index contributed by atoms with van der Waals surface area (Å²) in [6, 6.07) is 1.82. The van der Waals surface area contributed by atoms with Crippen molar-refractivity contribution in [1.29, 1.82) is 0 Å². The molecular formula is C17H26ClN5OS. The fourth-order valence-electron chi connectivity index (χ4n) is 3.27. The van der Waals surface area contributed by atoms with Crippen LogP contribution in [-0.4, -0.2) is 77.2 Å². The maximum absolute atomic E-state index is 12.3. The number of thioether (sulfide) groups is 1. The number of likely N-dealkylation sites (tertiary alicyclic amines) is 1. The zero-order chi connectivity index (χ0) is 17.6. The van der Waals surface area contributed by atoms with Crippen LogP contribution < -0.4 is 4.90 Å². The van der Waals surface area contributed by atoms with Gasteiger partial charge in [0.05, 0.1) is 5.75 Å². The summed E-state index contributed by atoms with van der Waals surface area (Å²) in [7, 11) is 0. The van der Waals surface area contributed by atoms with E-state index in [1.54, 1.807) is 0 Å². The first-order chi connectivity index (χ1) is 12.2. The molecule has 2 saturated heterocycles. The van der Waals surface area contributed by atoms with E-state index in [-0.39, 0.29) is 5.91 Å². The Bertz CT molecular complexity index is 588. The monoisotopic (exact) mass is 383 g/mol. The lowest BCUT2D eigenvalue weighted by molar-refractivity contribution is -0.129. The topological polar surface area (TPSA) is 52.6 Å². The lowest BCUT2D eigenvalue weighted by atomic mass is 10.1. The molecule has 1 aromatic heterocycles. The van der Waals surface area contributed by atoms with Crippen LogP contribution in [-0.2, 0) is 4.79 Å². The van der Waals surface area contributed by atoms with E-state index in [0.717, 1.165) is 64.5 Å². The van der Waals surface area contributed by atoms with Crippen molar-refractivity contribution in [2.24, 2.45) is 0 Å². The van der Waals surface area contributed by atoms with E-state index in [4.69, 9.17) is 11.6 Å². The molecule has 0 atom stereocenters. The Morgan fingerprint density at radius 1 is 1.12 bits per heavy atom. The van der Waals surface area contributed by atoms with Crippen LogP contribution in [0.3, 0.4) is 0 Å². The molecule has 25 heavy (non-hydrogen) atoms. The lowest BCUT2D eigenvalue weighted by Crippen LogP contribution is -2.46. The standard InChI is InChI=1S/C17H26ClN5OS/c1-2-21-8-10-22(11-9-21)15-12-14(18)19-17(20-15)25-13-16(24)23-6-4-3-5-7-23/h12H,2-11,13H2,1H3. The Balaban J connectivity index is 1.58. The molecule has 6 nitrogen and oxygen atoms in total. The number of likely N-dealkylation sites (N-methyl/N-ethyl adjacent to an activating group) is 1. The van der Waals surface area contributed by atoms with E-state index in [2.05, 4.69) is 26.7 Å². The first-order valence-corrected chi connectivity index (χ1v) is 10.4. The van der Waals surface area contributed by atoms with Gasteiger partial charge in [-0.1, -0.05) is 30.3 Å². The lowest BCUT2D eigenvalue weighted by Gasteiger charge is -2.34. The molecule has 0 bridgehead atoms. The third-order valence-corrected chi connectivity index (χ3v) is 5.86. The summed E-state index contributed by atoms with van der Waals surface area (Å²) in [5.74, 6) is 1.42. The fourth-order valence-corrected chi connectivity index (χ4v) is 4.25. The molecule has 3 heterocycles. The SMILES string of the molecule is CCN1CCN(c2cc(Cl)nc(SCC(=O)N3CCCCC3)n2)CC1. The molecule has 2 aliphatic heterocycles. The van der Waals surface area contributed by atoms with Crippen LogP contribution in [0.5, 0.6) is 0 Å². The number of rotatable bonds is 5. The number of amides is 1. The van der Waals surface area contributed by atoms with Crippen LogP contribution in [0.15, 0.2) is 11.2 Å². The van der Waals surface area contributed by atoms with E-state index >= 15 is 0 Å². The van der Waals surface area contributed by atoms with E-state index in [1.165, 1.54) is 18.2 Å². The van der Waals surface area contributed by atoms with E-state index in [1.807, 2.05) is 11.0 Å². The normalized spacial score (nSPS) is 19.3. The van der Waals surface area contributed by atoms with E-state index in [0.29, 0.717) is 16.1 Å². The molecule has 1 aromatic rings. The molecule has 0 aliphatic carbocycles. The van der Waals surface area contributed by atoms with Crippen LogP contribution in [0.4, 0.5) is 5.82 Å².